The van der Waals surface area contributed by atoms with Crippen molar-refractivity contribution in [1.29, 1.82) is 0 Å². The van der Waals surface area contributed by atoms with Gasteiger partial charge in [0.1, 0.15) is 5.75 Å². The Labute approximate surface area is 184 Å². The molecule has 1 aromatic heterocycles. The summed E-state index contributed by atoms with van der Waals surface area (Å²) in [5.74, 6) is 2.32. The van der Waals surface area contributed by atoms with Crippen LogP contribution in [0.15, 0.2) is 54.6 Å². The molecule has 0 saturated carbocycles. The van der Waals surface area contributed by atoms with Gasteiger partial charge in [0.05, 0.1) is 18.8 Å². The number of benzene rings is 2. The number of anilines is 1. The maximum Gasteiger partial charge on any atom is 0.168 e. The standard InChI is InChI=1S/C24H32N6O/c1-19(2)23(24-25-26-27-30(24)14-13-20-9-5-4-6-10-20)29-17-15-28(16-18-29)21-11-7-8-12-22(21)31-3/h4-12,19,23H,13-18H2,1-3H3. The van der Waals surface area contributed by atoms with Crippen LogP contribution in [0.4, 0.5) is 5.69 Å². The molecule has 1 saturated heterocycles. The zero-order valence-corrected chi connectivity index (χ0v) is 18.7. The minimum Gasteiger partial charge on any atom is -0.495 e. The lowest BCUT2D eigenvalue weighted by Gasteiger charge is -2.41. The Morgan fingerprint density at radius 2 is 1.65 bits per heavy atom. The number of nitrogens with zero attached hydrogens (tertiary/aromatic N) is 6. The number of hydrogen-bond donors (Lipinski definition) is 0. The van der Waals surface area contributed by atoms with E-state index < -0.39 is 0 Å². The van der Waals surface area contributed by atoms with E-state index in [-0.39, 0.29) is 6.04 Å². The molecular weight excluding hydrogens is 388 g/mol. The summed E-state index contributed by atoms with van der Waals surface area (Å²) >= 11 is 0. The van der Waals surface area contributed by atoms with Gasteiger partial charge in [-0.3, -0.25) is 4.90 Å². The van der Waals surface area contributed by atoms with Crippen molar-refractivity contribution >= 4 is 5.69 Å². The second-order valence-electron chi connectivity index (χ2n) is 8.38. The van der Waals surface area contributed by atoms with Crippen LogP contribution in [0, 0.1) is 5.92 Å². The lowest BCUT2D eigenvalue weighted by atomic mass is 10.0. The van der Waals surface area contributed by atoms with Crippen LogP contribution in [-0.2, 0) is 13.0 Å². The Balaban J connectivity index is 1.45. The molecule has 1 atom stereocenters. The van der Waals surface area contributed by atoms with Gasteiger partial charge >= 0.3 is 0 Å². The van der Waals surface area contributed by atoms with E-state index in [4.69, 9.17) is 4.74 Å². The second-order valence-corrected chi connectivity index (χ2v) is 8.38. The van der Waals surface area contributed by atoms with Crippen LogP contribution in [0.25, 0.3) is 0 Å². The van der Waals surface area contributed by atoms with Crippen LogP contribution in [0.1, 0.15) is 31.3 Å². The van der Waals surface area contributed by atoms with E-state index in [2.05, 4.69) is 75.6 Å². The number of rotatable bonds is 8. The first-order valence-electron chi connectivity index (χ1n) is 11.1. The van der Waals surface area contributed by atoms with Gasteiger partial charge in [0.25, 0.3) is 0 Å². The van der Waals surface area contributed by atoms with E-state index >= 15 is 0 Å². The minimum atomic E-state index is 0.200. The van der Waals surface area contributed by atoms with Gasteiger partial charge in [-0.25, -0.2) is 4.68 Å². The third kappa shape index (κ3) is 4.88. The summed E-state index contributed by atoms with van der Waals surface area (Å²) in [7, 11) is 1.74. The second kappa shape index (κ2) is 9.92. The number of ether oxygens (including phenoxy) is 1. The van der Waals surface area contributed by atoms with Crippen LogP contribution in [-0.4, -0.2) is 58.4 Å². The van der Waals surface area contributed by atoms with Gasteiger partial charge in [-0.05, 0) is 40.5 Å². The predicted octanol–water partition coefficient (Wildman–Crippen LogP) is 3.44. The van der Waals surface area contributed by atoms with Crippen molar-refractivity contribution in [1.82, 2.24) is 25.1 Å². The fourth-order valence-electron chi connectivity index (χ4n) is 4.48. The Kier molecular flexibility index (Phi) is 6.82. The van der Waals surface area contributed by atoms with Gasteiger partial charge in [0, 0.05) is 32.7 Å². The van der Waals surface area contributed by atoms with Gasteiger partial charge in [-0.1, -0.05) is 56.3 Å². The lowest BCUT2D eigenvalue weighted by molar-refractivity contribution is 0.134. The number of para-hydroxylation sites is 2. The summed E-state index contributed by atoms with van der Waals surface area (Å²) in [6.07, 6.45) is 0.922. The third-order valence-electron chi connectivity index (χ3n) is 6.04. The highest BCUT2D eigenvalue weighted by molar-refractivity contribution is 5.58. The summed E-state index contributed by atoms with van der Waals surface area (Å²) in [4.78, 5) is 4.94. The monoisotopic (exact) mass is 420 g/mol. The van der Waals surface area contributed by atoms with E-state index in [1.54, 1.807) is 7.11 Å². The Morgan fingerprint density at radius 3 is 2.35 bits per heavy atom. The highest BCUT2D eigenvalue weighted by atomic mass is 16.5. The predicted molar refractivity (Wildman–Crippen MR) is 122 cm³/mol. The van der Waals surface area contributed by atoms with E-state index in [0.717, 1.165) is 50.7 Å². The maximum atomic E-state index is 5.56. The molecule has 1 fully saturated rings. The van der Waals surface area contributed by atoms with E-state index in [1.165, 1.54) is 11.3 Å². The van der Waals surface area contributed by atoms with Crippen molar-refractivity contribution < 1.29 is 4.74 Å². The molecule has 0 N–H and O–H groups in total. The zero-order valence-electron chi connectivity index (χ0n) is 18.7. The molecule has 2 heterocycles. The average Bonchev–Trinajstić information content (AvgIpc) is 3.26. The highest BCUT2D eigenvalue weighted by Gasteiger charge is 2.31. The molecule has 164 valence electrons. The van der Waals surface area contributed by atoms with Crippen molar-refractivity contribution in [3.63, 3.8) is 0 Å². The molecule has 4 rings (SSSR count). The van der Waals surface area contributed by atoms with Crippen LogP contribution < -0.4 is 9.64 Å². The van der Waals surface area contributed by atoms with Gasteiger partial charge in [-0.2, -0.15) is 0 Å². The molecule has 1 unspecified atom stereocenters. The SMILES string of the molecule is COc1ccccc1N1CCN(C(c2nnnn2CCc2ccccc2)C(C)C)CC1. The van der Waals surface area contributed by atoms with E-state index in [1.807, 2.05) is 22.9 Å². The van der Waals surface area contributed by atoms with E-state index in [9.17, 15) is 0 Å². The molecule has 0 aliphatic carbocycles. The fourth-order valence-corrected chi connectivity index (χ4v) is 4.48. The summed E-state index contributed by atoms with van der Waals surface area (Å²) in [6.45, 7) is 9.14. The third-order valence-corrected chi connectivity index (χ3v) is 6.04. The van der Waals surface area contributed by atoms with Crippen molar-refractivity contribution in [3.8, 4) is 5.75 Å². The van der Waals surface area contributed by atoms with Gasteiger partial charge in [0.2, 0.25) is 0 Å². The first kappa shape index (κ1) is 21.3. The number of hydrogen-bond acceptors (Lipinski definition) is 6. The fraction of sp³-hybridized carbons (Fsp3) is 0.458. The van der Waals surface area contributed by atoms with Crippen molar-refractivity contribution in [2.45, 2.75) is 32.9 Å². The Hall–Kier alpha value is -2.93. The van der Waals surface area contributed by atoms with Crippen LogP contribution >= 0.6 is 0 Å². The van der Waals surface area contributed by atoms with Gasteiger partial charge in [0.15, 0.2) is 5.82 Å². The van der Waals surface area contributed by atoms with Crippen LogP contribution in [0.5, 0.6) is 5.75 Å². The smallest absolute Gasteiger partial charge is 0.168 e. The molecule has 2 aromatic carbocycles. The molecule has 3 aromatic rings. The number of aryl methyl sites for hydroxylation is 2. The molecular formula is C24H32N6O. The molecule has 0 bridgehead atoms. The molecule has 7 nitrogen and oxygen atoms in total. The molecule has 1 aliphatic rings. The number of methoxy groups -OCH3 is 1. The normalized spacial score (nSPS) is 15.9. The number of piperazine rings is 1. The first-order chi connectivity index (χ1) is 15.2. The summed E-state index contributed by atoms with van der Waals surface area (Å²) in [6, 6.07) is 19.0. The number of aromatic nitrogens is 4. The Morgan fingerprint density at radius 1 is 0.935 bits per heavy atom. The minimum absolute atomic E-state index is 0.200. The molecule has 1 aliphatic heterocycles. The van der Waals surface area contributed by atoms with Crippen molar-refractivity contribution in [2.24, 2.45) is 5.92 Å². The van der Waals surface area contributed by atoms with E-state index in [0.29, 0.717) is 5.92 Å². The summed E-state index contributed by atoms with van der Waals surface area (Å²) in [5.41, 5.74) is 2.47. The van der Waals surface area contributed by atoms with Gasteiger partial charge < -0.3 is 9.64 Å². The van der Waals surface area contributed by atoms with Crippen molar-refractivity contribution in [2.75, 3.05) is 38.2 Å². The molecule has 31 heavy (non-hydrogen) atoms. The maximum absolute atomic E-state index is 5.56. The lowest BCUT2D eigenvalue weighted by Crippen LogP contribution is -2.49. The highest BCUT2D eigenvalue weighted by Crippen LogP contribution is 2.32. The summed E-state index contributed by atoms with van der Waals surface area (Å²) < 4.78 is 7.55. The molecule has 7 heteroatoms. The van der Waals surface area contributed by atoms with Crippen LogP contribution in [0.2, 0.25) is 0 Å². The molecule has 0 amide bonds. The zero-order chi connectivity index (χ0) is 21.6. The van der Waals surface area contributed by atoms with Crippen molar-refractivity contribution in [3.05, 3.63) is 66.0 Å². The average molecular weight is 421 g/mol. The quantitative estimate of drug-likeness (QED) is 0.556. The molecule has 0 radical (unpaired) electrons. The summed E-state index contributed by atoms with van der Waals surface area (Å²) in [5, 5.41) is 12.8. The largest absolute Gasteiger partial charge is 0.495 e. The Bertz CT molecular complexity index is 949. The first-order valence-corrected chi connectivity index (χ1v) is 11.1. The van der Waals surface area contributed by atoms with Crippen LogP contribution in [0.3, 0.4) is 0 Å². The number of tetrazole rings is 1. The molecule has 0 spiro atoms. The van der Waals surface area contributed by atoms with Gasteiger partial charge in [-0.15, -0.1) is 5.10 Å². The topological polar surface area (TPSA) is 59.3 Å².